The third kappa shape index (κ3) is 3.16. The lowest BCUT2D eigenvalue weighted by molar-refractivity contribution is -0.137. The molecule has 0 aliphatic heterocycles. The van der Waals surface area contributed by atoms with E-state index < -0.39 is 17.3 Å². The van der Waals surface area contributed by atoms with Crippen molar-refractivity contribution < 1.29 is 13.2 Å². The van der Waals surface area contributed by atoms with Crippen LogP contribution in [0.25, 0.3) is 0 Å². The van der Waals surface area contributed by atoms with Crippen molar-refractivity contribution in [3.8, 4) is 0 Å². The molecule has 0 bridgehead atoms. The van der Waals surface area contributed by atoms with Gasteiger partial charge >= 0.3 is 6.18 Å². The number of H-pyrrole nitrogens is 1. The molecule has 0 atom stereocenters. The van der Waals surface area contributed by atoms with Gasteiger partial charge in [0.05, 0.1) is 5.56 Å². The summed E-state index contributed by atoms with van der Waals surface area (Å²) in [7, 11) is 0. The minimum absolute atomic E-state index is 0.0693. The van der Waals surface area contributed by atoms with Crippen LogP contribution in [0.3, 0.4) is 0 Å². The molecule has 1 heterocycles. The van der Waals surface area contributed by atoms with E-state index in [9.17, 15) is 18.0 Å². The quantitative estimate of drug-likeness (QED) is 0.912. The summed E-state index contributed by atoms with van der Waals surface area (Å²) in [4.78, 5) is 14.4. The summed E-state index contributed by atoms with van der Waals surface area (Å²) in [6.45, 7) is 3.67. The van der Waals surface area contributed by atoms with E-state index in [4.69, 9.17) is 5.73 Å². The van der Waals surface area contributed by atoms with E-state index in [1.165, 1.54) is 6.07 Å². The molecule has 22 heavy (non-hydrogen) atoms. The first-order valence-corrected chi connectivity index (χ1v) is 6.90. The van der Waals surface area contributed by atoms with Crippen LogP contribution in [0.2, 0.25) is 0 Å². The number of aromatic amines is 1. The van der Waals surface area contributed by atoms with E-state index in [-0.39, 0.29) is 12.1 Å². The van der Waals surface area contributed by atoms with Gasteiger partial charge in [0, 0.05) is 12.1 Å². The minimum atomic E-state index is -4.39. The third-order valence-electron chi connectivity index (χ3n) is 3.68. The van der Waals surface area contributed by atoms with Crippen molar-refractivity contribution in [2.45, 2.75) is 32.9 Å². The normalized spacial score (nSPS) is 11.7. The van der Waals surface area contributed by atoms with Gasteiger partial charge in [-0.15, -0.1) is 0 Å². The number of nitrogen functional groups attached to an aromatic ring is 1. The lowest BCUT2D eigenvalue weighted by atomic mass is 9.95. The standard InChI is InChI=1S/C16H17F3N2O/c1-3-12-9(2)21-15(22)14(20)13(12)8-10-5-4-6-11(7-10)16(17,18)19/h4-7H,3,8,20H2,1-2H3,(H,21,22). The number of nitrogens with one attached hydrogen (secondary N) is 1. The zero-order valence-electron chi connectivity index (χ0n) is 12.3. The van der Waals surface area contributed by atoms with Gasteiger partial charge in [-0.25, -0.2) is 0 Å². The third-order valence-corrected chi connectivity index (χ3v) is 3.68. The first-order chi connectivity index (χ1) is 10.2. The monoisotopic (exact) mass is 310 g/mol. The number of pyridine rings is 1. The highest BCUT2D eigenvalue weighted by Gasteiger charge is 2.30. The number of anilines is 1. The minimum Gasteiger partial charge on any atom is -0.394 e. The van der Waals surface area contributed by atoms with Gasteiger partial charge < -0.3 is 10.7 Å². The first kappa shape index (κ1) is 16.1. The number of rotatable bonds is 3. The highest BCUT2D eigenvalue weighted by Crippen LogP contribution is 2.30. The molecule has 2 aromatic rings. The highest BCUT2D eigenvalue weighted by molar-refractivity contribution is 5.52. The number of hydrogen-bond donors (Lipinski definition) is 2. The first-order valence-electron chi connectivity index (χ1n) is 6.90. The molecule has 0 aliphatic rings. The Bertz CT molecular complexity index is 748. The predicted octanol–water partition coefficient (Wildman–Crippen LogP) is 3.44. The van der Waals surface area contributed by atoms with Crippen molar-refractivity contribution in [1.82, 2.24) is 4.98 Å². The Morgan fingerprint density at radius 1 is 1.23 bits per heavy atom. The maximum Gasteiger partial charge on any atom is 0.416 e. The molecule has 3 N–H and O–H groups in total. The second kappa shape index (κ2) is 5.87. The molecule has 2 rings (SSSR count). The second-order valence-corrected chi connectivity index (χ2v) is 5.18. The van der Waals surface area contributed by atoms with E-state index in [1.807, 2.05) is 6.92 Å². The molecule has 0 radical (unpaired) electrons. The Morgan fingerprint density at radius 3 is 2.50 bits per heavy atom. The van der Waals surface area contributed by atoms with Gasteiger partial charge in [0.2, 0.25) is 0 Å². The molecule has 1 aromatic carbocycles. The Morgan fingerprint density at radius 2 is 1.91 bits per heavy atom. The van der Waals surface area contributed by atoms with Crippen molar-refractivity contribution in [2.24, 2.45) is 0 Å². The van der Waals surface area contributed by atoms with Crippen LogP contribution < -0.4 is 11.3 Å². The van der Waals surface area contributed by atoms with Gasteiger partial charge in [-0.3, -0.25) is 4.79 Å². The van der Waals surface area contributed by atoms with Gasteiger partial charge in [0.25, 0.3) is 5.56 Å². The van der Waals surface area contributed by atoms with Gasteiger partial charge in [0.15, 0.2) is 0 Å². The molecule has 0 saturated carbocycles. The molecule has 0 fully saturated rings. The smallest absolute Gasteiger partial charge is 0.394 e. The van der Waals surface area contributed by atoms with Crippen LogP contribution in [0.5, 0.6) is 0 Å². The van der Waals surface area contributed by atoms with Crippen LogP contribution in [0.15, 0.2) is 29.1 Å². The molecule has 0 saturated heterocycles. The summed E-state index contributed by atoms with van der Waals surface area (Å²) < 4.78 is 38.3. The Labute approximate surface area is 126 Å². The zero-order valence-corrected chi connectivity index (χ0v) is 12.3. The number of halogens is 3. The number of benzene rings is 1. The number of aromatic nitrogens is 1. The summed E-state index contributed by atoms with van der Waals surface area (Å²) >= 11 is 0. The summed E-state index contributed by atoms with van der Waals surface area (Å²) in [5, 5.41) is 0. The summed E-state index contributed by atoms with van der Waals surface area (Å²) in [5.41, 5.74) is 7.43. The summed E-state index contributed by atoms with van der Waals surface area (Å²) in [5.74, 6) is 0. The molecule has 0 spiro atoms. The highest BCUT2D eigenvalue weighted by atomic mass is 19.4. The molecular weight excluding hydrogens is 293 g/mol. The predicted molar refractivity (Wildman–Crippen MR) is 79.8 cm³/mol. The fourth-order valence-electron chi connectivity index (χ4n) is 2.58. The van der Waals surface area contributed by atoms with E-state index in [0.29, 0.717) is 23.2 Å². The van der Waals surface area contributed by atoms with Crippen molar-refractivity contribution in [1.29, 1.82) is 0 Å². The molecular formula is C16H17F3N2O. The topological polar surface area (TPSA) is 58.9 Å². The van der Waals surface area contributed by atoms with Crippen molar-refractivity contribution in [3.63, 3.8) is 0 Å². The zero-order chi connectivity index (χ0) is 16.5. The van der Waals surface area contributed by atoms with Crippen LogP contribution in [-0.4, -0.2) is 4.98 Å². The van der Waals surface area contributed by atoms with Crippen LogP contribution >= 0.6 is 0 Å². The molecule has 1 aromatic heterocycles. The van der Waals surface area contributed by atoms with E-state index in [0.717, 1.165) is 17.7 Å². The molecule has 118 valence electrons. The maximum atomic E-state index is 12.8. The number of hydrogen-bond acceptors (Lipinski definition) is 2. The lowest BCUT2D eigenvalue weighted by Crippen LogP contribution is -2.19. The average Bonchev–Trinajstić information content (AvgIpc) is 2.44. The summed E-state index contributed by atoms with van der Waals surface area (Å²) in [6, 6.07) is 5.08. The van der Waals surface area contributed by atoms with E-state index in [2.05, 4.69) is 4.98 Å². The molecule has 0 amide bonds. The van der Waals surface area contributed by atoms with Crippen LogP contribution in [0, 0.1) is 6.92 Å². The van der Waals surface area contributed by atoms with Gasteiger partial charge in [0.1, 0.15) is 5.69 Å². The van der Waals surface area contributed by atoms with Crippen LogP contribution in [0.4, 0.5) is 18.9 Å². The van der Waals surface area contributed by atoms with Gasteiger partial charge in [-0.2, -0.15) is 13.2 Å². The SMILES string of the molecule is CCc1c(C)[nH]c(=O)c(N)c1Cc1cccc(C(F)(F)F)c1. The van der Waals surface area contributed by atoms with E-state index >= 15 is 0 Å². The van der Waals surface area contributed by atoms with E-state index in [1.54, 1.807) is 13.0 Å². The fraction of sp³-hybridized carbons (Fsp3) is 0.312. The Hall–Kier alpha value is -2.24. The van der Waals surface area contributed by atoms with Crippen LogP contribution in [-0.2, 0) is 19.0 Å². The molecule has 0 unspecified atom stereocenters. The summed E-state index contributed by atoms with van der Waals surface area (Å²) in [6.07, 6.45) is -3.55. The van der Waals surface area contributed by atoms with Gasteiger partial charge in [-0.05, 0) is 36.1 Å². The Kier molecular flexibility index (Phi) is 4.30. The average molecular weight is 310 g/mol. The number of alkyl halides is 3. The van der Waals surface area contributed by atoms with Crippen molar-refractivity contribution in [3.05, 3.63) is 62.6 Å². The van der Waals surface area contributed by atoms with Crippen molar-refractivity contribution >= 4 is 5.69 Å². The second-order valence-electron chi connectivity index (χ2n) is 5.18. The van der Waals surface area contributed by atoms with Crippen molar-refractivity contribution in [2.75, 3.05) is 5.73 Å². The molecule has 3 nitrogen and oxygen atoms in total. The van der Waals surface area contributed by atoms with Crippen LogP contribution in [0.1, 0.15) is 34.9 Å². The molecule has 6 heteroatoms. The Balaban J connectivity index is 2.50. The largest absolute Gasteiger partial charge is 0.416 e. The number of aryl methyl sites for hydroxylation is 1. The fourth-order valence-corrected chi connectivity index (χ4v) is 2.58. The molecule has 0 aliphatic carbocycles. The number of nitrogens with two attached hydrogens (primary N) is 1. The maximum absolute atomic E-state index is 12.8. The van der Waals surface area contributed by atoms with Gasteiger partial charge in [-0.1, -0.05) is 25.1 Å². The lowest BCUT2D eigenvalue weighted by Gasteiger charge is -2.14.